The van der Waals surface area contributed by atoms with E-state index in [1.807, 2.05) is 25.6 Å². The molecule has 0 aromatic carbocycles. The maximum atomic E-state index is 12.1. The second-order valence-electron chi connectivity index (χ2n) is 4.44. The first-order chi connectivity index (χ1) is 10.0. The van der Waals surface area contributed by atoms with Crippen molar-refractivity contribution in [1.82, 2.24) is 5.32 Å². The summed E-state index contributed by atoms with van der Waals surface area (Å²) >= 11 is 8.61. The lowest BCUT2D eigenvalue weighted by Crippen LogP contribution is -2.29. The Hall–Kier alpha value is -0.790. The molecule has 7 heteroatoms. The van der Waals surface area contributed by atoms with Crippen LogP contribution >= 0.6 is 35.3 Å². The van der Waals surface area contributed by atoms with Crippen LogP contribution in [-0.4, -0.2) is 36.2 Å². The Balaban J connectivity index is 2.72. The van der Waals surface area contributed by atoms with Crippen molar-refractivity contribution in [3.63, 3.8) is 0 Å². The molecule has 2 N–H and O–H groups in total. The summed E-state index contributed by atoms with van der Waals surface area (Å²) in [5.74, 6) is 0.799. The van der Waals surface area contributed by atoms with Gasteiger partial charge in [0.1, 0.15) is 5.00 Å². The molecule has 0 saturated carbocycles. The number of thiocarbonyl (C=S) groups is 1. The Labute approximate surface area is 140 Å². The van der Waals surface area contributed by atoms with E-state index < -0.39 is 0 Å². The molecular weight excluding hydrogens is 324 g/mol. The number of carbonyl (C=O) groups excluding carboxylic acids is 1. The molecule has 0 aliphatic heterocycles. The van der Waals surface area contributed by atoms with E-state index in [4.69, 9.17) is 17.0 Å². The van der Waals surface area contributed by atoms with Crippen molar-refractivity contribution in [3.8, 4) is 0 Å². The van der Waals surface area contributed by atoms with Crippen LogP contribution in [0.3, 0.4) is 0 Å². The summed E-state index contributed by atoms with van der Waals surface area (Å²) in [5.41, 5.74) is 1.54. The third-order valence-electron chi connectivity index (χ3n) is 2.90. The molecule has 4 nitrogen and oxygen atoms in total. The summed E-state index contributed by atoms with van der Waals surface area (Å²) in [5, 5.41) is 7.57. The van der Waals surface area contributed by atoms with Crippen molar-refractivity contribution in [2.45, 2.75) is 27.2 Å². The minimum Gasteiger partial charge on any atom is -0.462 e. The maximum absolute atomic E-state index is 12.1. The zero-order valence-corrected chi connectivity index (χ0v) is 15.3. The maximum Gasteiger partial charge on any atom is 0.341 e. The SMILES string of the molecule is CCOC(=O)c1c(NC(=S)NCCCSC)sc(C)c1C. The molecule has 0 spiro atoms. The summed E-state index contributed by atoms with van der Waals surface area (Å²) < 4.78 is 5.12. The molecule has 0 saturated heterocycles. The van der Waals surface area contributed by atoms with Crippen LogP contribution in [0.15, 0.2) is 0 Å². The van der Waals surface area contributed by atoms with Gasteiger partial charge in [-0.2, -0.15) is 11.8 Å². The van der Waals surface area contributed by atoms with Crippen LogP contribution in [-0.2, 0) is 4.74 Å². The number of thiophene rings is 1. The van der Waals surface area contributed by atoms with Crippen molar-refractivity contribution in [3.05, 3.63) is 16.0 Å². The molecule has 118 valence electrons. The first kappa shape index (κ1) is 18.3. The molecule has 1 heterocycles. The van der Waals surface area contributed by atoms with Gasteiger partial charge in [-0.15, -0.1) is 11.3 Å². The Bertz CT molecular complexity index is 501. The van der Waals surface area contributed by atoms with Gasteiger partial charge in [0.25, 0.3) is 0 Å². The van der Waals surface area contributed by atoms with Gasteiger partial charge in [0.2, 0.25) is 0 Å². The van der Waals surface area contributed by atoms with Crippen LogP contribution in [0.5, 0.6) is 0 Å². The first-order valence-corrected chi connectivity index (χ1v) is 9.44. The molecule has 0 bridgehead atoms. The highest BCUT2D eigenvalue weighted by Crippen LogP contribution is 2.32. The highest BCUT2D eigenvalue weighted by atomic mass is 32.2. The second kappa shape index (κ2) is 9.27. The third-order valence-corrected chi connectivity index (χ3v) is 4.97. The molecule has 1 aromatic heterocycles. The van der Waals surface area contributed by atoms with Crippen LogP contribution in [0.25, 0.3) is 0 Å². The molecule has 0 fully saturated rings. The van der Waals surface area contributed by atoms with Crippen molar-refractivity contribution in [1.29, 1.82) is 0 Å². The van der Waals surface area contributed by atoms with E-state index in [0.29, 0.717) is 17.3 Å². The molecule has 0 amide bonds. The largest absolute Gasteiger partial charge is 0.462 e. The minimum atomic E-state index is -0.299. The van der Waals surface area contributed by atoms with E-state index in [1.54, 1.807) is 6.92 Å². The molecular formula is C14H22N2O2S3. The Morgan fingerprint density at radius 3 is 2.76 bits per heavy atom. The molecule has 1 aromatic rings. The summed E-state index contributed by atoms with van der Waals surface area (Å²) in [6.45, 7) is 6.91. The molecule has 0 atom stereocenters. The van der Waals surface area contributed by atoms with Crippen molar-refractivity contribution in [2.75, 3.05) is 30.5 Å². The van der Waals surface area contributed by atoms with E-state index in [-0.39, 0.29) is 5.97 Å². The van der Waals surface area contributed by atoms with Crippen LogP contribution in [0, 0.1) is 13.8 Å². The standard InChI is InChI=1S/C14H22N2O2S3/c1-5-18-13(17)11-9(2)10(3)21-12(11)16-14(19)15-7-6-8-20-4/h5-8H2,1-4H3,(H2,15,16,19). The van der Waals surface area contributed by atoms with Crippen molar-refractivity contribution in [2.24, 2.45) is 0 Å². The number of carbonyl (C=O) groups is 1. The van der Waals surface area contributed by atoms with Gasteiger partial charge in [0, 0.05) is 11.4 Å². The number of rotatable bonds is 7. The fourth-order valence-corrected chi connectivity index (χ4v) is 3.48. The summed E-state index contributed by atoms with van der Waals surface area (Å²) in [4.78, 5) is 13.1. The average molecular weight is 347 g/mol. The van der Waals surface area contributed by atoms with Crippen LogP contribution < -0.4 is 10.6 Å². The predicted molar refractivity (Wildman–Crippen MR) is 97.0 cm³/mol. The van der Waals surface area contributed by atoms with Gasteiger partial charge in [-0.3, -0.25) is 0 Å². The molecule has 0 unspecified atom stereocenters. The monoisotopic (exact) mass is 346 g/mol. The highest BCUT2D eigenvalue weighted by molar-refractivity contribution is 7.98. The lowest BCUT2D eigenvalue weighted by atomic mass is 10.1. The number of anilines is 1. The van der Waals surface area contributed by atoms with Crippen LogP contribution in [0.2, 0.25) is 0 Å². The van der Waals surface area contributed by atoms with E-state index >= 15 is 0 Å². The van der Waals surface area contributed by atoms with Crippen LogP contribution in [0.1, 0.15) is 34.1 Å². The van der Waals surface area contributed by atoms with E-state index in [1.165, 1.54) is 11.3 Å². The molecule has 0 radical (unpaired) electrons. The third kappa shape index (κ3) is 5.48. The predicted octanol–water partition coefficient (Wildman–Crippen LogP) is 3.58. The number of esters is 1. The molecule has 0 aliphatic rings. The van der Waals surface area contributed by atoms with Crippen molar-refractivity contribution < 1.29 is 9.53 Å². The summed E-state index contributed by atoms with van der Waals surface area (Å²) in [6, 6.07) is 0. The molecule has 21 heavy (non-hydrogen) atoms. The second-order valence-corrected chi connectivity index (χ2v) is 7.05. The summed E-state index contributed by atoms with van der Waals surface area (Å²) in [6.07, 6.45) is 3.13. The van der Waals surface area contributed by atoms with Gasteiger partial charge in [-0.25, -0.2) is 4.79 Å². The highest BCUT2D eigenvalue weighted by Gasteiger charge is 2.21. The number of nitrogens with one attached hydrogen (secondary N) is 2. The number of hydrogen-bond donors (Lipinski definition) is 2. The minimum absolute atomic E-state index is 0.299. The average Bonchev–Trinajstić information content (AvgIpc) is 2.70. The number of hydrogen-bond acceptors (Lipinski definition) is 5. The van der Waals surface area contributed by atoms with Gasteiger partial charge >= 0.3 is 5.97 Å². The Kier molecular flexibility index (Phi) is 8.06. The number of ether oxygens (including phenoxy) is 1. The first-order valence-electron chi connectivity index (χ1n) is 6.82. The van der Waals surface area contributed by atoms with E-state index in [2.05, 4.69) is 16.9 Å². The van der Waals surface area contributed by atoms with E-state index in [9.17, 15) is 4.79 Å². The topological polar surface area (TPSA) is 50.4 Å². The number of aryl methyl sites for hydroxylation is 1. The van der Waals surface area contributed by atoms with Gasteiger partial charge in [0.05, 0.1) is 12.2 Å². The number of thioether (sulfide) groups is 1. The Morgan fingerprint density at radius 1 is 1.43 bits per heavy atom. The van der Waals surface area contributed by atoms with Gasteiger partial charge in [-0.05, 0) is 57.0 Å². The van der Waals surface area contributed by atoms with Gasteiger partial charge in [0.15, 0.2) is 5.11 Å². The normalized spacial score (nSPS) is 10.3. The molecule has 0 aliphatic carbocycles. The van der Waals surface area contributed by atoms with Gasteiger partial charge < -0.3 is 15.4 Å². The van der Waals surface area contributed by atoms with E-state index in [0.717, 1.165) is 34.2 Å². The van der Waals surface area contributed by atoms with Gasteiger partial charge in [-0.1, -0.05) is 0 Å². The fraction of sp³-hybridized carbons (Fsp3) is 0.571. The zero-order chi connectivity index (χ0) is 15.8. The smallest absolute Gasteiger partial charge is 0.341 e. The summed E-state index contributed by atoms with van der Waals surface area (Å²) in [7, 11) is 0. The lowest BCUT2D eigenvalue weighted by molar-refractivity contribution is 0.0527. The lowest BCUT2D eigenvalue weighted by Gasteiger charge is -2.10. The Morgan fingerprint density at radius 2 is 2.14 bits per heavy atom. The van der Waals surface area contributed by atoms with Crippen molar-refractivity contribution >= 4 is 51.4 Å². The van der Waals surface area contributed by atoms with Crippen LogP contribution in [0.4, 0.5) is 5.00 Å². The quantitative estimate of drug-likeness (QED) is 0.447. The zero-order valence-electron chi connectivity index (χ0n) is 12.9. The molecule has 1 rings (SSSR count). The fourth-order valence-electron chi connectivity index (χ4n) is 1.73.